The maximum absolute atomic E-state index is 12.1. The van der Waals surface area contributed by atoms with E-state index in [-0.39, 0.29) is 17.0 Å². The number of hydrogen-bond acceptors (Lipinski definition) is 4. The molecule has 2 amide bonds. The second kappa shape index (κ2) is 6.49. The van der Waals surface area contributed by atoms with Crippen molar-refractivity contribution >= 4 is 29.3 Å². The van der Waals surface area contributed by atoms with Crippen LogP contribution in [0.5, 0.6) is 0 Å². The van der Waals surface area contributed by atoms with Gasteiger partial charge in [-0.1, -0.05) is 12.1 Å². The van der Waals surface area contributed by atoms with Gasteiger partial charge in [-0.05, 0) is 24.3 Å². The topological polar surface area (TPSA) is 108 Å². The number of nitrogens with zero attached hydrogens (tertiary/aromatic N) is 1. The van der Waals surface area contributed by atoms with Gasteiger partial charge in [0.05, 0.1) is 23.0 Å². The van der Waals surface area contributed by atoms with Gasteiger partial charge in [0, 0.05) is 6.92 Å². The van der Waals surface area contributed by atoms with E-state index in [0.717, 1.165) is 0 Å². The molecule has 112 valence electrons. The number of carbonyl (C=O) groups excluding carboxylic acids is 2. The Balaban J connectivity index is 2.15. The zero-order chi connectivity index (χ0) is 16.1. The van der Waals surface area contributed by atoms with Gasteiger partial charge in [0.25, 0.3) is 5.91 Å². The number of nitrogens with one attached hydrogen (secondary N) is 2. The molecule has 2 aromatic rings. The summed E-state index contributed by atoms with van der Waals surface area (Å²) in [5.41, 5.74) is 0.364. The maximum Gasteiger partial charge on any atom is 0.336 e. The molecule has 2 rings (SSSR count). The number of hydrogen-bond donors (Lipinski definition) is 3. The Labute approximate surface area is 126 Å². The van der Waals surface area contributed by atoms with Crippen molar-refractivity contribution in [1.29, 1.82) is 0 Å². The van der Waals surface area contributed by atoms with E-state index in [1.807, 2.05) is 0 Å². The summed E-state index contributed by atoms with van der Waals surface area (Å²) in [6.07, 6.45) is 1.37. The first-order valence-corrected chi connectivity index (χ1v) is 6.34. The van der Waals surface area contributed by atoms with E-state index in [2.05, 4.69) is 15.6 Å². The lowest BCUT2D eigenvalue weighted by Crippen LogP contribution is -2.16. The molecule has 22 heavy (non-hydrogen) atoms. The second-order valence-electron chi connectivity index (χ2n) is 4.42. The molecular weight excluding hydrogens is 286 g/mol. The molecule has 1 heterocycles. The van der Waals surface area contributed by atoms with Crippen LogP contribution in [-0.2, 0) is 4.79 Å². The fourth-order valence-electron chi connectivity index (χ4n) is 1.79. The molecule has 3 N–H and O–H groups in total. The van der Waals surface area contributed by atoms with Gasteiger partial charge in [-0.15, -0.1) is 0 Å². The van der Waals surface area contributed by atoms with Crippen molar-refractivity contribution in [3.05, 3.63) is 53.7 Å². The molecule has 7 heteroatoms. The molecule has 0 aliphatic rings. The Kier molecular flexibility index (Phi) is 4.47. The first kappa shape index (κ1) is 15.2. The summed E-state index contributed by atoms with van der Waals surface area (Å²) in [6, 6.07) is 9.00. The Bertz CT molecular complexity index is 726. The molecule has 0 saturated heterocycles. The largest absolute Gasteiger partial charge is 0.478 e. The predicted molar refractivity (Wildman–Crippen MR) is 79.9 cm³/mol. The smallest absolute Gasteiger partial charge is 0.336 e. The van der Waals surface area contributed by atoms with Crippen LogP contribution in [0.15, 0.2) is 42.6 Å². The number of carboxylic acids is 1. The van der Waals surface area contributed by atoms with E-state index in [9.17, 15) is 14.4 Å². The first-order valence-electron chi connectivity index (χ1n) is 6.34. The van der Waals surface area contributed by atoms with Crippen molar-refractivity contribution in [3.8, 4) is 0 Å². The number of aromatic nitrogens is 1. The lowest BCUT2D eigenvalue weighted by Gasteiger charge is -2.08. The van der Waals surface area contributed by atoms with Crippen molar-refractivity contribution in [2.75, 3.05) is 10.6 Å². The standard InChI is InChI=1S/C15H13N3O4/c1-9(19)17-13-7-6-10(8-16-13)18-14(20)11-4-2-3-5-12(11)15(21)22/h2-8H,1H3,(H,18,20)(H,21,22)(H,16,17,19). The molecule has 0 bridgehead atoms. The third-order valence-electron chi connectivity index (χ3n) is 2.73. The molecule has 0 fully saturated rings. The van der Waals surface area contributed by atoms with Gasteiger partial charge < -0.3 is 15.7 Å². The second-order valence-corrected chi connectivity index (χ2v) is 4.42. The monoisotopic (exact) mass is 299 g/mol. The summed E-state index contributed by atoms with van der Waals surface area (Å²) in [4.78, 5) is 38.1. The van der Waals surface area contributed by atoms with Crippen molar-refractivity contribution in [3.63, 3.8) is 0 Å². The molecule has 1 aromatic heterocycles. The number of rotatable bonds is 4. The van der Waals surface area contributed by atoms with Gasteiger partial charge in [-0.2, -0.15) is 0 Å². The number of benzene rings is 1. The highest BCUT2D eigenvalue weighted by Crippen LogP contribution is 2.14. The Morgan fingerprint density at radius 1 is 1.00 bits per heavy atom. The SMILES string of the molecule is CC(=O)Nc1ccc(NC(=O)c2ccccc2C(=O)O)cn1. The minimum atomic E-state index is -1.18. The number of carboxylic acid groups (broad SMARTS) is 1. The van der Waals surface area contributed by atoms with Crippen molar-refractivity contribution in [2.24, 2.45) is 0 Å². The Morgan fingerprint density at radius 2 is 1.68 bits per heavy atom. The average Bonchev–Trinajstić information content (AvgIpc) is 2.48. The van der Waals surface area contributed by atoms with Crippen LogP contribution in [0.2, 0.25) is 0 Å². The molecule has 0 saturated carbocycles. The first-order chi connectivity index (χ1) is 10.5. The molecule has 0 spiro atoms. The highest BCUT2D eigenvalue weighted by atomic mass is 16.4. The number of carbonyl (C=O) groups is 3. The van der Waals surface area contributed by atoms with Gasteiger partial charge in [0.15, 0.2) is 0 Å². The summed E-state index contributed by atoms with van der Waals surface area (Å²) < 4.78 is 0. The van der Waals surface area contributed by atoms with Gasteiger partial charge in [0.2, 0.25) is 5.91 Å². The number of amides is 2. The van der Waals surface area contributed by atoms with E-state index in [1.165, 1.54) is 31.3 Å². The zero-order valence-electron chi connectivity index (χ0n) is 11.7. The predicted octanol–water partition coefficient (Wildman–Crippen LogP) is 1.99. The summed E-state index contributed by atoms with van der Waals surface area (Å²) in [5, 5.41) is 14.1. The lowest BCUT2D eigenvalue weighted by molar-refractivity contribution is -0.114. The fourth-order valence-corrected chi connectivity index (χ4v) is 1.79. The van der Waals surface area contributed by atoms with Crippen molar-refractivity contribution < 1.29 is 19.5 Å². The van der Waals surface area contributed by atoms with Crippen molar-refractivity contribution in [2.45, 2.75) is 6.92 Å². The Hall–Kier alpha value is -3.22. The van der Waals surface area contributed by atoms with Gasteiger partial charge in [-0.3, -0.25) is 9.59 Å². The van der Waals surface area contributed by atoms with Crippen LogP contribution >= 0.6 is 0 Å². The van der Waals surface area contributed by atoms with Crippen LogP contribution in [0.1, 0.15) is 27.6 Å². The van der Waals surface area contributed by atoms with E-state index in [0.29, 0.717) is 11.5 Å². The van der Waals surface area contributed by atoms with Crippen LogP contribution in [0.3, 0.4) is 0 Å². The van der Waals surface area contributed by atoms with Crippen LogP contribution in [0, 0.1) is 0 Å². The minimum Gasteiger partial charge on any atom is -0.478 e. The quantitative estimate of drug-likeness (QED) is 0.800. The highest BCUT2D eigenvalue weighted by Gasteiger charge is 2.15. The van der Waals surface area contributed by atoms with Crippen LogP contribution in [0.4, 0.5) is 11.5 Å². The Morgan fingerprint density at radius 3 is 2.23 bits per heavy atom. The minimum absolute atomic E-state index is 0.0564. The summed E-state index contributed by atoms with van der Waals surface area (Å²) >= 11 is 0. The lowest BCUT2D eigenvalue weighted by atomic mass is 10.1. The fraction of sp³-hybridized carbons (Fsp3) is 0.0667. The number of pyridine rings is 1. The molecule has 0 atom stereocenters. The summed E-state index contributed by atoms with van der Waals surface area (Å²) in [6.45, 7) is 1.36. The van der Waals surface area contributed by atoms with Crippen LogP contribution < -0.4 is 10.6 Å². The molecular formula is C15H13N3O4. The van der Waals surface area contributed by atoms with Crippen LogP contribution in [0.25, 0.3) is 0 Å². The van der Waals surface area contributed by atoms with Gasteiger partial charge in [-0.25, -0.2) is 9.78 Å². The van der Waals surface area contributed by atoms with E-state index in [4.69, 9.17) is 5.11 Å². The van der Waals surface area contributed by atoms with Crippen molar-refractivity contribution in [1.82, 2.24) is 4.98 Å². The average molecular weight is 299 g/mol. The molecule has 7 nitrogen and oxygen atoms in total. The van der Waals surface area contributed by atoms with Gasteiger partial charge in [0.1, 0.15) is 5.82 Å². The van der Waals surface area contributed by atoms with Crippen LogP contribution in [-0.4, -0.2) is 27.9 Å². The highest BCUT2D eigenvalue weighted by molar-refractivity contribution is 6.10. The van der Waals surface area contributed by atoms with Gasteiger partial charge >= 0.3 is 5.97 Å². The maximum atomic E-state index is 12.1. The molecule has 0 aliphatic carbocycles. The number of anilines is 2. The summed E-state index contributed by atoms with van der Waals surface area (Å²) in [5.74, 6) is -1.62. The molecule has 0 aliphatic heterocycles. The summed E-state index contributed by atoms with van der Waals surface area (Å²) in [7, 11) is 0. The molecule has 0 radical (unpaired) electrons. The molecule has 1 aromatic carbocycles. The van der Waals surface area contributed by atoms with E-state index < -0.39 is 11.9 Å². The zero-order valence-corrected chi connectivity index (χ0v) is 11.7. The third kappa shape index (κ3) is 3.66. The normalized spacial score (nSPS) is 9.86. The third-order valence-corrected chi connectivity index (χ3v) is 2.73. The number of aromatic carboxylic acids is 1. The molecule has 0 unspecified atom stereocenters. The van der Waals surface area contributed by atoms with E-state index in [1.54, 1.807) is 18.2 Å². The van der Waals surface area contributed by atoms with E-state index >= 15 is 0 Å².